The number of amidine groups is 1. The van der Waals surface area contributed by atoms with Crippen molar-refractivity contribution in [1.82, 2.24) is 0 Å². The smallest absolute Gasteiger partial charge is 0.279 e. The first-order chi connectivity index (χ1) is 15.4. The maximum atomic E-state index is 13.6. The number of aliphatic imine (C=N–C) groups is 1. The van der Waals surface area contributed by atoms with Crippen molar-refractivity contribution in [2.75, 3.05) is 24.7 Å². The monoisotopic (exact) mass is 476 g/mol. The summed E-state index contributed by atoms with van der Waals surface area (Å²) in [5.41, 5.74) is 2.54. The standard InChI is InChI=1S/C23H25ClN2O5S/c1-3-10-25-22-26(18-7-5-4-6-14(18)2)21(29)23(32-22)20(31-23)15-8-9-19(17(24)11-15)30-13-16(28)12-27/h4-9,11,16,20,27-28H,3,10,12-13H2,1-2H3/t16-,20?,23?/m1/s1. The molecule has 170 valence electrons. The van der Waals surface area contributed by atoms with E-state index < -0.39 is 23.7 Å². The quantitative estimate of drug-likeness (QED) is 0.564. The third kappa shape index (κ3) is 4.25. The molecular formula is C23H25ClN2O5S. The van der Waals surface area contributed by atoms with Gasteiger partial charge < -0.3 is 19.7 Å². The van der Waals surface area contributed by atoms with Gasteiger partial charge in [0.1, 0.15) is 24.6 Å². The van der Waals surface area contributed by atoms with Gasteiger partial charge in [0.2, 0.25) is 4.93 Å². The SMILES string of the molecule is CCCN=C1SC2(OC2c2ccc(OC[C@H](O)CO)c(Cl)c2)C(=O)N1c1ccccc1C. The fourth-order valence-corrected chi connectivity index (χ4v) is 5.02. The van der Waals surface area contributed by atoms with Crippen LogP contribution in [0, 0.1) is 6.92 Å². The van der Waals surface area contributed by atoms with Gasteiger partial charge in [-0.15, -0.1) is 0 Å². The van der Waals surface area contributed by atoms with E-state index >= 15 is 0 Å². The van der Waals surface area contributed by atoms with Crippen LogP contribution < -0.4 is 9.64 Å². The molecule has 1 spiro atoms. The number of carbonyl (C=O) groups excluding carboxylic acids is 1. The van der Waals surface area contributed by atoms with Crippen LogP contribution in [0.15, 0.2) is 47.5 Å². The molecule has 0 aromatic heterocycles. The molecule has 2 aromatic carbocycles. The summed E-state index contributed by atoms with van der Waals surface area (Å²) in [6, 6.07) is 12.9. The second kappa shape index (κ2) is 9.41. The number of hydrogen-bond acceptors (Lipinski definition) is 7. The van der Waals surface area contributed by atoms with Crippen LogP contribution in [0.5, 0.6) is 5.75 Å². The van der Waals surface area contributed by atoms with Crippen molar-refractivity contribution in [2.24, 2.45) is 4.99 Å². The van der Waals surface area contributed by atoms with Gasteiger partial charge in [0.15, 0.2) is 5.17 Å². The highest BCUT2D eigenvalue weighted by Crippen LogP contribution is 2.62. The lowest BCUT2D eigenvalue weighted by atomic mass is 10.1. The molecule has 0 aliphatic carbocycles. The Hall–Kier alpha value is -2.10. The number of rotatable bonds is 8. The zero-order valence-electron chi connectivity index (χ0n) is 17.8. The number of thioether (sulfide) groups is 1. The van der Waals surface area contributed by atoms with Crippen LogP contribution in [0.3, 0.4) is 0 Å². The molecule has 2 heterocycles. The molecule has 9 heteroatoms. The molecule has 2 fully saturated rings. The first-order valence-corrected chi connectivity index (χ1v) is 11.6. The molecule has 2 aliphatic heterocycles. The van der Waals surface area contributed by atoms with Crippen molar-refractivity contribution < 1.29 is 24.5 Å². The molecule has 0 radical (unpaired) electrons. The maximum absolute atomic E-state index is 13.6. The zero-order chi connectivity index (χ0) is 22.9. The molecule has 0 bridgehead atoms. The van der Waals surface area contributed by atoms with Crippen LogP contribution in [0.2, 0.25) is 5.02 Å². The molecule has 2 aromatic rings. The number of halogens is 1. The van der Waals surface area contributed by atoms with Gasteiger partial charge >= 0.3 is 0 Å². The number of amides is 1. The predicted octanol–water partition coefficient (Wildman–Crippen LogP) is 3.69. The van der Waals surface area contributed by atoms with E-state index in [1.165, 1.54) is 11.8 Å². The summed E-state index contributed by atoms with van der Waals surface area (Å²) in [6.07, 6.45) is -0.573. The number of carbonyl (C=O) groups is 1. The third-order valence-electron chi connectivity index (χ3n) is 5.24. The molecule has 2 aliphatic rings. The van der Waals surface area contributed by atoms with Crippen molar-refractivity contribution in [3.63, 3.8) is 0 Å². The number of anilines is 1. The highest BCUT2D eigenvalue weighted by Gasteiger charge is 2.71. The van der Waals surface area contributed by atoms with Crippen molar-refractivity contribution in [3.8, 4) is 5.75 Å². The second-order valence-electron chi connectivity index (χ2n) is 7.70. The van der Waals surface area contributed by atoms with Crippen LogP contribution >= 0.6 is 23.4 Å². The number of para-hydroxylation sites is 1. The molecule has 32 heavy (non-hydrogen) atoms. The van der Waals surface area contributed by atoms with E-state index in [0.29, 0.717) is 22.5 Å². The Balaban J connectivity index is 1.58. The highest BCUT2D eigenvalue weighted by molar-refractivity contribution is 8.17. The molecule has 7 nitrogen and oxygen atoms in total. The molecular weight excluding hydrogens is 452 g/mol. The normalized spacial score (nSPS) is 24.4. The summed E-state index contributed by atoms with van der Waals surface area (Å²) in [6.45, 7) is 4.16. The number of benzene rings is 2. The molecule has 4 rings (SSSR count). The molecule has 1 amide bonds. The fraction of sp³-hybridized carbons (Fsp3) is 0.391. The Kier molecular flexibility index (Phi) is 6.78. The number of hydrogen-bond donors (Lipinski definition) is 2. The van der Waals surface area contributed by atoms with Crippen LogP contribution in [0.25, 0.3) is 0 Å². The number of ether oxygens (including phenoxy) is 2. The van der Waals surface area contributed by atoms with E-state index in [1.807, 2.05) is 38.1 Å². The molecule has 0 saturated carbocycles. The summed E-state index contributed by atoms with van der Waals surface area (Å²) in [5, 5.41) is 19.4. The minimum Gasteiger partial charge on any atom is -0.489 e. The van der Waals surface area contributed by atoms with Gasteiger partial charge in [-0.1, -0.05) is 42.8 Å². The molecule has 3 atom stereocenters. The van der Waals surface area contributed by atoms with Gasteiger partial charge in [0.25, 0.3) is 5.91 Å². The summed E-state index contributed by atoms with van der Waals surface area (Å²) in [4.78, 5) is 18.8. The average molecular weight is 477 g/mol. The number of nitrogens with zero attached hydrogens (tertiary/aromatic N) is 2. The van der Waals surface area contributed by atoms with E-state index in [0.717, 1.165) is 23.2 Å². The van der Waals surface area contributed by atoms with Gasteiger partial charge in [-0.2, -0.15) is 0 Å². The Morgan fingerprint density at radius 2 is 2.12 bits per heavy atom. The summed E-state index contributed by atoms with van der Waals surface area (Å²) in [7, 11) is 0. The maximum Gasteiger partial charge on any atom is 0.279 e. The van der Waals surface area contributed by atoms with Crippen molar-refractivity contribution in [1.29, 1.82) is 0 Å². The number of aryl methyl sites for hydroxylation is 1. The lowest BCUT2D eigenvalue weighted by Crippen LogP contribution is -2.34. The van der Waals surface area contributed by atoms with Crippen LogP contribution in [0.4, 0.5) is 5.69 Å². The van der Waals surface area contributed by atoms with Gasteiger partial charge in [-0.05, 0) is 54.4 Å². The van der Waals surface area contributed by atoms with E-state index in [9.17, 15) is 9.90 Å². The second-order valence-corrected chi connectivity index (χ2v) is 9.28. The van der Waals surface area contributed by atoms with Gasteiger partial charge in [0.05, 0.1) is 17.3 Å². The van der Waals surface area contributed by atoms with Gasteiger partial charge in [0, 0.05) is 6.54 Å². The highest BCUT2D eigenvalue weighted by atomic mass is 35.5. The lowest BCUT2D eigenvalue weighted by Gasteiger charge is -2.18. The number of aliphatic hydroxyl groups excluding tert-OH is 2. The van der Waals surface area contributed by atoms with Crippen LogP contribution in [-0.4, -0.2) is 52.1 Å². The van der Waals surface area contributed by atoms with E-state index in [2.05, 4.69) is 4.99 Å². The largest absolute Gasteiger partial charge is 0.489 e. The molecule has 2 unspecified atom stereocenters. The Morgan fingerprint density at radius 1 is 1.34 bits per heavy atom. The van der Waals surface area contributed by atoms with Gasteiger partial charge in [-0.3, -0.25) is 14.7 Å². The number of epoxide rings is 1. The minimum absolute atomic E-state index is 0.0730. The van der Waals surface area contributed by atoms with Gasteiger partial charge in [-0.25, -0.2) is 0 Å². The van der Waals surface area contributed by atoms with Crippen molar-refractivity contribution in [3.05, 3.63) is 58.6 Å². The first-order valence-electron chi connectivity index (χ1n) is 10.4. The third-order valence-corrected chi connectivity index (χ3v) is 6.82. The average Bonchev–Trinajstić information content (AvgIpc) is 3.45. The summed E-state index contributed by atoms with van der Waals surface area (Å²) < 4.78 is 11.4. The Labute approximate surface area is 196 Å². The Morgan fingerprint density at radius 3 is 2.81 bits per heavy atom. The van der Waals surface area contributed by atoms with Crippen molar-refractivity contribution in [2.45, 2.75) is 37.4 Å². The number of aliphatic hydroxyl groups is 2. The van der Waals surface area contributed by atoms with E-state index in [4.69, 9.17) is 26.2 Å². The van der Waals surface area contributed by atoms with Crippen molar-refractivity contribution >= 4 is 40.1 Å². The molecule has 2 saturated heterocycles. The van der Waals surface area contributed by atoms with E-state index in [-0.39, 0.29) is 12.5 Å². The minimum atomic E-state index is -1.06. The van der Waals surface area contributed by atoms with Crippen LogP contribution in [0.1, 0.15) is 30.6 Å². The first kappa shape index (κ1) is 23.1. The van der Waals surface area contributed by atoms with Crippen LogP contribution in [-0.2, 0) is 9.53 Å². The topological polar surface area (TPSA) is 94.9 Å². The lowest BCUT2D eigenvalue weighted by molar-refractivity contribution is -0.119. The van der Waals surface area contributed by atoms with E-state index in [1.54, 1.807) is 23.1 Å². The summed E-state index contributed by atoms with van der Waals surface area (Å²) >= 11 is 7.69. The summed E-state index contributed by atoms with van der Waals surface area (Å²) in [5.74, 6) is 0.230. The molecule has 2 N–H and O–H groups in total. The zero-order valence-corrected chi connectivity index (χ0v) is 19.4. The predicted molar refractivity (Wildman–Crippen MR) is 125 cm³/mol. The fourth-order valence-electron chi connectivity index (χ4n) is 3.51. The Bertz CT molecular complexity index is 1050.